The van der Waals surface area contributed by atoms with Crippen molar-refractivity contribution in [2.45, 2.75) is 20.3 Å². The fourth-order valence-electron chi connectivity index (χ4n) is 1.53. The van der Waals surface area contributed by atoms with Gasteiger partial charge in [-0.3, -0.25) is 4.79 Å². The van der Waals surface area contributed by atoms with E-state index in [2.05, 4.69) is 24.1 Å². The quantitative estimate of drug-likeness (QED) is 0.787. The maximum absolute atomic E-state index is 11.5. The summed E-state index contributed by atoms with van der Waals surface area (Å²) in [5.41, 5.74) is 0. The molecule has 0 aliphatic carbocycles. The Kier molecular flexibility index (Phi) is 6.11. The minimum atomic E-state index is 0.120. The Balaban J connectivity index is 2.15. The van der Waals surface area contributed by atoms with E-state index in [1.165, 1.54) is 0 Å². The van der Waals surface area contributed by atoms with Crippen molar-refractivity contribution in [2.24, 2.45) is 0 Å². The van der Waals surface area contributed by atoms with Gasteiger partial charge in [-0.15, -0.1) is 11.3 Å². The van der Waals surface area contributed by atoms with Crippen molar-refractivity contribution in [3.63, 3.8) is 0 Å². The van der Waals surface area contributed by atoms with Gasteiger partial charge in [0.05, 0.1) is 6.42 Å². The molecule has 1 aromatic rings. The molecule has 0 aliphatic rings. The number of amides is 1. The number of nitrogens with one attached hydrogen (secondary N) is 1. The van der Waals surface area contributed by atoms with Crippen LogP contribution in [0.25, 0.3) is 0 Å². The molecule has 16 heavy (non-hydrogen) atoms. The molecule has 4 heteroatoms. The number of nitrogens with zero attached hydrogens (tertiary/aromatic N) is 1. The lowest BCUT2D eigenvalue weighted by molar-refractivity contribution is -0.120. The van der Waals surface area contributed by atoms with Crippen LogP contribution in [0, 0.1) is 0 Å². The molecule has 0 radical (unpaired) electrons. The second kappa shape index (κ2) is 7.41. The van der Waals surface area contributed by atoms with Crippen LogP contribution < -0.4 is 5.32 Å². The Morgan fingerprint density at radius 3 is 2.75 bits per heavy atom. The molecule has 0 atom stereocenters. The Bertz CT molecular complexity index is 294. The zero-order valence-electron chi connectivity index (χ0n) is 10.0. The standard InChI is InChI=1S/C12H20N2OS/c1-3-14(4-2)8-7-13-12(15)10-11-6-5-9-16-11/h5-6,9H,3-4,7-8,10H2,1-2H3,(H,13,15). The molecular weight excluding hydrogens is 220 g/mol. The van der Waals surface area contributed by atoms with Gasteiger partial charge in [0.2, 0.25) is 5.91 Å². The molecule has 90 valence electrons. The molecule has 0 bridgehead atoms. The number of rotatable bonds is 7. The summed E-state index contributed by atoms with van der Waals surface area (Å²) in [5.74, 6) is 0.120. The minimum absolute atomic E-state index is 0.120. The molecule has 0 saturated carbocycles. The monoisotopic (exact) mass is 240 g/mol. The minimum Gasteiger partial charge on any atom is -0.355 e. The van der Waals surface area contributed by atoms with E-state index < -0.39 is 0 Å². The van der Waals surface area contributed by atoms with E-state index in [0.717, 1.165) is 31.1 Å². The smallest absolute Gasteiger partial charge is 0.225 e. The third kappa shape index (κ3) is 4.77. The van der Waals surface area contributed by atoms with Crippen molar-refractivity contribution in [1.29, 1.82) is 0 Å². The van der Waals surface area contributed by atoms with Crippen LogP contribution in [0.5, 0.6) is 0 Å². The summed E-state index contributed by atoms with van der Waals surface area (Å²) in [5, 5.41) is 4.94. The van der Waals surface area contributed by atoms with Crippen LogP contribution in [0.3, 0.4) is 0 Å². The first kappa shape index (κ1) is 13.2. The summed E-state index contributed by atoms with van der Waals surface area (Å²) in [6, 6.07) is 3.97. The van der Waals surface area contributed by atoms with E-state index in [9.17, 15) is 4.79 Å². The molecule has 0 aromatic carbocycles. The predicted molar refractivity (Wildman–Crippen MR) is 68.8 cm³/mol. The molecule has 0 spiro atoms. The van der Waals surface area contributed by atoms with E-state index in [0.29, 0.717) is 6.42 Å². The lowest BCUT2D eigenvalue weighted by Crippen LogP contribution is -2.35. The largest absolute Gasteiger partial charge is 0.355 e. The van der Waals surface area contributed by atoms with E-state index in [-0.39, 0.29) is 5.91 Å². The third-order valence-corrected chi connectivity index (χ3v) is 3.44. The number of hydrogen-bond acceptors (Lipinski definition) is 3. The van der Waals surface area contributed by atoms with Crippen LogP contribution in [-0.4, -0.2) is 37.0 Å². The highest BCUT2D eigenvalue weighted by Gasteiger charge is 2.04. The number of carbonyl (C=O) groups is 1. The van der Waals surface area contributed by atoms with Crippen molar-refractivity contribution < 1.29 is 4.79 Å². The van der Waals surface area contributed by atoms with Gasteiger partial charge in [-0.25, -0.2) is 0 Å². The second-order valence-electron chi connectivity index (χ2n) is 3.63. The van der Waals surface area contributed by atoms with Crippen LogP contribution in [0.2, 0.25) is 0 Å². The van der Waals surface area contributed by atoms with Crippen LogP contribution in [-0.2, 0) is 11.2 Å². The predicted octanol–water partition coefficient (Wildman–Crippen LogP) is 1.75. The van der Waals surface area contributed by atoms with Gasteiger partial charge in [0.15, 0.2) is 0 Å². The van der Waals surface area contributed by atoms with Gasteiger partial charge in [-0.1, -0.05) is 19.9 Å². The van der Waals surface area contributed by atoms with Gasteiger partial charge in [-0.2, -0.15) is 0 Å². The molecule has 0 unspecified atom stereocenters. The molecule has 1 rings (SSSR count). The second-order valence-corrected chi connectivity index (χ2v) is 4.67. The summed E-state index contributed by atoms with van der Waals surface area (Å²) in [6.07, 6.45) is 0.510. The highest BCUT2D eigenvalue weighted by Crippen LogP contribution is 2.08. The summed E-state index contributed by atoms with van der Waals surface area (Å²) >= 11 is 1.63. The van der Waals surface area contributed by atoms with Gasteiger partial charge in [0, 0.05) is 18.0 Å². The first-order valence-corrected chi connectivity index (χ1v) is 6.65. The fourth-order valence-corrected chi connectivity index (χ4v) is 2.23. The van der Waals surface area contributed by atoms with Gasteiger partial charge < -0.3 is 10.2 Å². The SMILES string of the molecule is CCN(CC)CCNC(=O)Cc1cccs1. The van der Waals surface area contributed by atoms with Gasteiger partial charge >= 0.3 is 0 Å². The Morgan fingerprint density at radius 2 is 2.19 bits per heavy atom. The molecule has 1 aromatic heterocycles. The topological polar surface area (TPSA) is 32.3 Å². The number of carbonyl (C=O) groups excluding carboxylic acids is 1. The van der Waals surface area contributed by atoms with Crippen LogP contribution >= 0.6 is 11.3 Å². The van der Waals surface area contributed by atoms with Gasteiger partial charge in [0.1, 0.15) is 0 Å². The van der Waals surface area contributed by atoms with Crippen LogP contribution in [0.1, 0.15) is 18.7 Å². The molecule has 0 saturated heterocycles. The zero-order chi connectivity index (χ0) is 11.8. The van der Waals surface area contributed by atoms with E-state index >= 15 is 0 Å². The Morgan fingerprint density at radius 1 is 1.44 bits per heavy atom. The lowest BCUT2D eigenvalue weighted by Gasteiger charge is -2.17. The summed E-state index contributed by atoms with van der Waals surface area (Å²) in [6.45, 7) is 8.03. The molecular formula is C12H20N2OS. The maximum atomic E-state index is 11.5. The Labute approximate surface area is 101 Å². The third-order valence-electron chi connectivity index (χ3n) is 2.56. The zero-order valence-corrected chi connectivity index (χ0v) is 10.8. The molecule has 1 heterocycles. The van der Waals surface area contributed by atoms with Crippen molar-refractivity contribution in [2.75, 3.05) is 26.2 Å². The maximum Gasteiger partial charge on any atom is 0.225 e. The average Bonchev–Trinajstić information content (AvgIpc) is 2.77. The van der Waals surface area contributed by atoms with Crippen molar-refractivity contribution >= 4 is 17.2 Å². The first-order chi connectivity index (χ1) is 7.76. The van der Waals surface area contributed by atoms with Crippen LogP contribution in [0.4, 0.5) is 0 Å². The molecule has 1 amide bonds. The lowest BCUT2D eigenvalue weighted by atomic mass is 10.3. The molecule has 0 aliphatic heterocycles. The van der Waals surface area contributed by atoms with Gasteiger partial charge in [-0.05, 0) is 24.5 Å². The van der Waals surface area contributed by atoms with E-state index in [4.69, 9.17) is 0 Å². The summed E-state index contributed by atoms with van der Waals surface area (Å²) < 4.78 is 0. The molecule has 0 fully saturated rings. The highest BCUT2D eigenvalue weighted by molar-refractivity contribution is 7.10. The van der Waals surface area contributed by atoms with E-state index in [1.807, 2.05) is 17.5 Å². The first-order valence-electron chi connectivity index (χ1n) is 5.77. The summed E-state index contributed by atoms with van der Waals surface area (Å²) in [4.78, 5) is 15.0. The summed E-state index contributed by atoms with van der Waals surface area (Å²) in [7, 11) is 0. The number of thiophene rings is 1. The molecule has 1 N–H and O–H groups in total. The number of hydrogen-bond donors (Lipinski definition) is 1. The van der Waals surface area contributed by atoms with Crippen molar-refractivity contribution in [3.8, 4) is 0 Å². The Hall–Kier alpha value is -0.870. The normalized spacial score (nSPS) is 10.7. The molecule has 3 nitrogen and oxygen atoms in total. The highest BCUT2D eigenvalue weighted by atomic mass is 32.1. The van der Waals surface area contributed by atoms with Gasteiger partial charge in [0.25, 0.3) is 0 Å². The fraction of sp³-hybridized carbons (Fsp3) is 0.583. The van der Waals surface area contributed by atoms with Crippen LogP contribution in [0.15, 0.2) is 17.5 Å². The van der Waals surface area contributed by atoms with E-state index in [1.54, 1.807) is 11.3 Å². The average molecular weight is 240 g/mol. The number of likely N-dealkylation sites (N-methyl/N-ethyl adjacent to an activating group) is 1. The van der Waals surface area contributed by atoms with Crippen molar-refractivity contribution in [1.82, 2.24) is 10.2 Å². The van der Waals surface area contributed by atoms with Crippen molar-refractivity contribution in [3.05, 3.63) is 22.4 Å².